The Kier molecular flexibility index (Phi) is 2.08. The number of aromatic nitrogens is 1. The Labute approximate surface area is 82.4 Å². The SMILES string of the molecule is Cc1cc2ccsc2c(C(C)C)n1. The Morgan fingerprint density at radius 3 is 2.85 bits per heavy atom. The Morgan fingerprint density at radius 1 is 1.38 bits per heavy atom. The van der Waals surface area contributed by atoms with Gasteiger partial charge in [0.1, 0.15) is 0 Å². The molecule has 13 heavy (non-hydrogen) atoms. The summed E-state index contributed by atoms with van der Waals surface area (Å²) in [4.78, 5) is 4.58. The highest BCUT2D eigenvalue weighted by molar-refractivity contribution is 7.17. The van der Waals surface area contributed by atoms with E-state index in [1.54, 1.807) is 11.3 Å². The molecule has 2 heteroatoms. The van der Waals surface area contributed by atoms with Crippen molar-refractivity contribution < 1.29 is 0 Å². The Morgan fingerprint density at radius 2 is 2.15 bits per heavy atom. The van der Waals surface area contributed by atoms with Crippen LogP contribution in [0.2, 0.25) is 0 Å². The van der Waals surface area contributed by atoms with Crippen LogP contribution in [0, 0.1) is 6.92 Å². The second-order valence-electron chi connectivity index (χ2n) is 3.64. The van der Waals surface area contributed by atoms with Crippen molar-refractivity contribution in [3.05, 3.63) is 28.9 Å². The molecule has 0 unspecified atom stereocenters. The molecule has 0 fully saturated rings. The minimum atomic E-state index is 0.515. The average molecular weight is 191 g/mol. The monoisotopic (exact) mass is 191 g/mol. The van der Waals surface area contributed by atoms with Crippen LogP contribution in [0.5, 0.6) is 0 Å². The molecule has 0 spiro atoms. The van der Waals surface area contributed by atoms with Crippen LogP contribution in [0.25, 0.3) is 10.1 Å². The number of aryl methyl sites for hydroxylation is 1. The van der Waals surface area contributed by atoms with E-state index in [0.29, 0.717) is 5.92 Å². The lowest BCUT2D eigenvalue weighted by molar-refractivity contribution is 0.830. The maximum Gasteiger partial charge on any atom is 0.0610 e. The van der Waals surface area contributed by atoms with Crippen LogP contribution in [-0.4, -0.2) is 4.98 Å². The van der Waals surface area contributed by atoms with Crippen molar-refractivity contribution in [3.8, 4) is 0 Å². The summed E-state index contributed by atoms with van der Waals surface area (Å²) in [7, 11) is 0. The molecule has 0 aliphatic heterocycles. The summed E-state index contributed by atoms with van der Waals surface area (Å²) in [5, 5.41) is 3.47. The number of rotatable bonds is 1. The first-order valence-corrected chi connectivity index (χ1v) is 5.41. The van der Waals surface area contributed by atoms with Gasteiger partial charge in [0.25, 0.3) is 0 Å². The van der Waals surface area contributed by atoms with Gasteiger partial charge in [0.05, 0.1) is 10.4 Å². The average Bonchev–Trinajstić information content (AvgIpc) is 2.49. The van der Waals surface area contributed by atoms with Gasteiger partial charge in [-0.25, -0.2) is 0 Å². The molecular formula is C11H13NS. The van der Waals surface area contributed by atoms with Crippen molar-refractivity contribution >= 4 is 21.4 Å². The Hall–Kier alpha value is -0.890. The zero-order valence-corrected chi connectivity index (χ0v) is 8.98. The number of fused-ring (bicyclic) bond motifs is 1. The Balaban J connectivity index is 2.77. The van der Waals surface area contributed by atoms with Crippen molar-refractivity contribution in [2.24, 2.45) is 0 Å². The van der Waals surface area contributed by atoms with Gasteiger partial charge in [-0.1, -0.05) is 13.8 Å². The third-order valence-electron chi connectivity index (χ3n) is 2.14. The van der Waals surface area contributed by atoms with E-state index in [0.717, 1.165) is 5.69 Å². The third-order valence-corrected chi connectivity index (χ3v) is 3.09. The van der Waals surface area contributed by atoms with Crippen molar-refractivity contribution in [2.75, 3.05) is 0 Å². The number of hydrogen-bond donors (Lipinski definition) is 0. The van der Waals surface area contributed by atoms with Gasteiger partial charge in [0, 0.05) is 5.69 Å². The topological polar surface area (TPSA) is 12.9 Å². The summed E-state index contributed by atoms with van der Waals surface area (Å²) in [6.45, 7) is 6.45. The minimum absolute atomic E-state index is 0.515. The lowest BCUT2D eigenvalue weighted by Gasteiger charge is -2.06. The summed E-state index contributed by atoms with van der Waals surface area (Å²) < 4.78 is 1.35. The van der Waals surface area contributed by atoms with Gasteiger partial charge in [0.15, 0.2) is 0 Å². The van der Waals surface area contributed by atoms with Gasteiger partial charge in [-0.3, -0.25) is 4.98 Å². The van der Waals surface area contributed by atoms with Crippen molar-refractivity contribution in [3.63, 3.8) is 0 Å². The maximum absolute atomic E-state index is 4.58. The maximum atomic E-state index is 4.58. The number of pyridine rings is 1. The van der Waals surface area contributed by atoms with E-state index in [4.69, 9.17) is 0 Å². The predicted octanol–water partition coefficient (Wildman–Crippen LogP) is 3.73. The third kappa shape index (κ3) is 1.46. The van der Waals surface area contributed by atoms with E-state index < -0.39 is 0 Å². The Bertz CT molecular complexity index is 429. The molecule has 0 saturated carbocycles. The molecule has 2 aromatic heterocycles. The lowest BCUT2D eigenvalue weighted by atomic mass is 10.1. The van der Waals surface area contributed by atoms with E-state index >= 15 is 0 Å². The highest BCUT2D eigenvalue weighted by Gasteiger charge is 2.08. The molecule has 0 atom stereocenters. The summed E-state index contributed by atoms with van der Waals surface area (Å²) in [6.07, 6.45) is 0. The highest BCUT2D eigenvalue weighted by Crippen LogP contribution is 2.28. The largest absolute Gasteiger partial charge is 0.256 e. The molecule has 1 nitrogen and oxygen atoms in total. The molecule has 0 aliphatic rings. The lowest BCUT2D eigenvalue weighted by Crippen LogP contribution is -1.94. The molecule has 0 N–H and O–H groups in total. The van der Waals surface area contributed by atoms with Gasteiger partial charge >= 0.3 is 0 Å². The molecule has 0 radical (unpaired) electrons. The van der Waals surface area contributed by atoms with Gasteiger partial charge in [-0.2, -0.15) is 0 Å². The normalized spacial score (nSPS) is 11.4. The van der Waals surface area contributed by atoms with Crippen molar-refractivity contribution in [2.45, 2.75) is 26.7 Å². The second kappa shape index (κ2) is 3.11. The van der Waals surface area contributed by atoms with E-state index in [1.165, 1.54) is 15.8 Å². The van der Waals surface area contributed by atoms with Gasteiger partial charge in [-0.05, 0) is 35.7 Å². The van der Waals surface area contributed by atoms with Crippen LogP contribution in [-0.2, 0) is 0 Å². The van der Waals surface area contributed by atoms with E-state index in [2.05, 4.69) is 43.3 Å². The quantitative estimate of drug-likeness (QED) is 0.669. The summed E-state index contributed by atoms with van der Waals surface area (Å²) in [6, 6.07) is 4.32. The highest BCUT2D eigenvalue weighted by atomic mass is 32.1. The van der Waals surface area contributed by atoms with Crippen LogP contribution < -0.4 is 0 Å². The molecule has 0 saturated heterocycles. The van der Waals surface area contributed by atoms with Crippen LogP contribution in [0.3, 0.4) is 0 Å². The number of hydrogen-bond acceptors (Lipinski definition) is 2. The van der Waals surface area contributed by atoms with Gasteiger partial charge < -0.3 is 0 Å². The molecule has 2 aromatic rings. The molecular weight excluding hydrogens is 178 g/mol. The summed E-state index contributed by atoms with van der Waals surface area (Å²) in [5.74, 6) is 0.515. The fourth-order valence-corrected chi connectivity index (χ4v) is 2.55. The first-order valence-electron chi connectivity index (χ1n) is 4.53. The first kappa shape index (κ1) is 8.70. The second-order valence-corrected chi connectivity index (χ2v) is 4.56. The molecule has 2 heterocycles. The summed E-state index contributed by atoms with van der Waals surface area (Å²) in [5.41, 5.74) is 2.36. The molecule has 0 amide bonds. The first-order chi connectivity index (χ1) is 6.18. The summed E-state index contributed by atoms with van der Waals surface area (Å²) >= 11 is 1.79. The minimum Gasteiger partial charge on any atom is -0.256 e. The number of thiophene rings is 1. The van der Waals surface area contributed by atoms with E-state index in [1.807, 2.05) is 0 Å². The van der Waals surface area contributed by atoms with Crippen LogP contribution in [0.4, 0.5) is 0 Å². The molecule has 0 bridgehead atoms. The fraction of sp³-hybridized carbons (Fsp3) is 0.364. The zero-order chi connectivity index (χ0) is 9.42. The standard InChI is InChI=1S/C11H13NS/c1-7(2)10-11-9(4-5-13-11)6-8(3)12-10/h4-7H,1-3H3. The van der Waals surface area contributed by atoms with Crippen molar-refractivity contribution in [1.29, 1.82) is 0 Å². The fourth-order valence-electron chi connectivity index (χ4n) is 1.53. The van der Waals surface area contributed by atoms with E-state index in [9.17, 15) is 0 Å². The van der Waals surface area contributed by atoms with E-state index in [-0.39, 0.29) is 0 Å². The van der Waals surface area contributed by atoms with Gasteiger partial charge in [0.2, 0.25) is 0 Å². The molecule has 68 valence electrons. The van der Waals surface area contributed by atoms with Crippen LogP contribution in [0.15, 0.2) is 17.5 Å². The van der Waals surface area contributed by atoms with Crippen molar-refractivity contribution in [1.82, 2.24) is 4.98 Å². The number of nitrogens with zero attached hydrogens (tertiary/aromatic N) is 1. The van der Waals surface area contributed by atoms with Crippen LogP contribution >= 0.6 is 11.3 Å². The predicted molar refractivity (Wildman–Crippen MR) is 58.4 cm³/mol. The van der Waals surface area contributed by atoms with Crippen LogP contribution in [0.1, 0.15) is 31.2 Å². The van der Waals surface area contributed by atoms with Gasteiger partial charge in [-0.15, -0.1) is 11.3 Å². The molecule has 0 aromatic carbocycles. The smallest absolute Gasteiger partial charge is 0.0610 e. The molecule has 2 rings (SSSR count). The zero-order valence-electron chi connectivity index (χ0n) is 8.16. The molecule has 0 aliphatic carbocycles.